The molecule has 4 aliphatic rings. The summed E-state index contributed by atoms with van der Waals surface area (Å²) in [7, 11) is 0. The highest BCUT2D eigenvalue weighted by molar-refractivity contribution is 6.05. The lowest BCUT2D eigenvalue weighted by molar-refractivity contribution is 0.144. The van der Waals surface area contributed by atoms with E-state index in [9.17, 15) is 0 Å². The molecular formula is C41H39N5. The Morgan fingerprint density at radius 1 is 0.609 bits per heavy atom. The van der Waals surface area contributed by atoms with Crippen molar-refractivity contribution in [3.63, 3.8) is 0 Å². The maximum absolute atomic E-state index is 5.63. The molecule has 2 saturated carbocycles. The number of nitrogens with one attached hydrogen (secondary N) is 1. The molecular weight excluding hydrogens is 562 g/mol. The van der Waals surface area contributed by atoms with Crippen molar-refractivity contribution in [1.82, 2.24) is 19.9 Å². The second-order valence-corrected chi connectivity index (χ2v) is 14.0. The number of aromatic nitrogens is 3. The van der Waals surface area contributed by atoms with Crippen molar-refractivity contribution in [2.24, 2.45) is 5.92 Å². The summed E-state index contributed by atoms with van der Waals surface area (Å²) < 4.78 is 2.69. The minimum atomic E-state index is 0.260. The van der Waals surface area contributed by atoms with Gasteiger partial charge >= 0.3 is 0 Å². The zero-order valence-electron chi connectivity index (χ0n) is 26.1. The molecule has 2 aliphatic heterocycles. The Balaban J connectivity index is 1.19. The molecule has 0 radical (unpaired) electrons. The van der Waals surface area contributed by atoms with Crippen LogP contribution in [0.1, 0.15) is 62.6 Å². The third kappa shape index (κ3) is 3.97. The Morgan fingerprint density at radius 3 is 2.20 bits per heavy atom. The number of nitrogens with zero attached hydrogens (tertiary/aromatic N) is 4. The van der Waals surface area contributed by atoms with Crippen LogP contribution in [0, 0.1) is 5.92 Å². The van der Waals surface area contributed by atoms with Crippen molar-refractivity contribution in [2.45, 2.75) is 75.2 Å². The number of imidazole rings is 1. The van der Waals surface area contributed by atoms with E-state index in [0.717, 1.165) is 17.6 Å². The van der Waals surface area contributed by atoms with E-state index in [-0.39, 0.29) is 6.17 Å². The molecule has 6 unspecified atom stereocenters. The van der Waals surface area contributed by atoms with Crippen LogP contribution >= 0.6 is 0 Å². The Bertz CT molecular complexity index is 2070. The monoisotopic (exact) mass is 601 g/mol. The van der Waals surface area contributed by atoms with Crippen molar-refractivity contribution in [3.8, 4) is 22.5 Å². The first kappa shape index (κ1) is 26.7. The molecule has 2 aliphatic carbocycles. The zero-order chi connectivity index (χ0) is 30.2. The molecule has 6 aromatic rings. The SMILES string of the molecule is c1ccc(-c2nc3n(c2-c2ccccc2)C2CCCC(c4ccc5ccc6ccccc6c5n4)C2C2NC4CCCCC4N32)cc1. The van der Waals surface area contributed by atoms with Gasteiger partial charge in [-0.25, -0.2) is 4.98 Å². The second-order valence-electron chi connectivity index (χ2n) is 14.0. The highest BCUT2D eigenvalue weighted by Gasteiger charge is 2.56. The fraction of sp³-hybridized carbons (Fsp3) is 0.317. The average molecular weight is 602 g/mol. The lowest BCUT2D eigenvalue weighted by Crippen LogP contribution is -2.55. The van der Waals surface area contributed by atoms with E-state index in [2.05, 4.69) is 124 Å². The minimum absolute atomic E-state index is 0.260. The number of anilines is 1. The van der Waals surface area contributed by atoms with E-state index >= 15 is 0 Å². The van der Waals surface area contributed by atoms with Gasteiger partial charge in [0.2, 0.25) is 5.95 Å². The Labute approximate surface area is 270 Å². The Morgan fingerprint density at radius 2 is 1.33 bits per heavy atom. The first-order valence-corrected chi connectivity index (χ1v) is 17.4. The molecule has 1 saturated heterocycles. The molecule has 4 heterocycles. The van der Waals surface area contributed by atoms with Crippen LogP contribution in [0.3, 0.4) is 0 Å². The molecule has 228 valence electrons. The number of rotatable bonds is 3. The molecule has 46 heavy (non-hydrogen) atoms. The normalized spacial score (nSPS) is 26.8. The van der Waals surface area contributed by atoms with Gasteiger partial charge in [-0.05, 0) is 37.1 Å². The summed E-state index contributed by atoms with van der Waals surface area (Å²) in [6, 6.07) is 41.1. The van der Waals surface area contributed by atoms with Crippen LogP contribution in [0.4, 0.5) is 5.95 Å². The third-order valence-corrected chi connectivity index (χ3v) is 11.6. The van der Waals surface area contributed by atoms with Gasteiger partial charge in [-0.15, -0.1) is 0 Å². The van der Waals surface area contributed by atoms with Crippen molar-refractivity contribution in [3.05, 3.63) is 115 Å². The standard InChI is InChI=1S/C41H39N5/c1-3-13-27(14-4-1)38-39(29-15-5-2-6-16-29)45-35-21-11-18-31(32-25-24-28-23-22-26-12-7-8-17-30(26)37(28)42-32)36(35)40-43-33-19-9-10-20-34(33)46(40)41(45)44-38/h1-8,12-17,22-25,31,33-36,40,43H,9-11,18-21H2. The van der Waals surface area contributed by atoms with Crippen molar-refractivity contribution in [1.29, 1.82) is 0 Å². The van der Waals surface area contributed by atoms with Gasteiger partial charge in [0, 0.05) is 57.6 Å². The lowest BCUT2D eigenvalue weighted by atomic mass is 9.71. The zero-order valence-corrected chi connectivity index (χ0v) is 26.1. The predicted octanol–water partition coefficient (Wildman–Crippen LogP) is 9.10. The van der Waals surface area contributed by atoms with E-state index in [1.165, 1.54) is 83.1 Å². The highest BCUT2D eigenvalue weighted by Crippen LogP contribution is 2.56. The van der Waals surface area contributed by atoms with E-state index in [0.29, 0.717) is 30.0 Å². The quantitative estimate of drug-likeness (QED) is 0.206. The number of pyridine rings is 1. The molecule has 10 rings (SSSR count). The first-order chi connectivity index (χ1) is 22.8. The summed E-state index contributed by atoms with van der Waals surface area (Å²) in [5.74, 6) is 1.93. The molecule has 5 nitrogen and oxygen atoms in total. The van der Waals surface area contributed by atoms with Crippen LogP contribution in [0.15, 0.2) is 109 Å². The molecule has 3 fully saturated rings. The maximum atomic E-state index is 5.63. The van der Waals surface area contributed by atoms with E-state index in [1.807, 2.05) is 0 Å². The summed E-state index contributed by atoms with van der Waals surface area (Å²) in [6.07, 6.45) is 8.86. The molecule has 0 spiro atoms. The topological polar surface area (TPSA) is 46.0 Å². The third-order valence-electron chi connectivity index (χ3n) is 11.6. The first-order valence-electron chi connectivity index (χ1n) is 17.4. The molecule has 4 aromatic carbocycles. The minimum Gasteiger partial charge on any atom is -0.322 e. The lowest BCUT2D eigenvalue weighted by Gasteiger charge is -2.50. The second kappa shape index (κ2) is 10.5. The Hall–Kier alpha value is -4.48. The molecule has 6 atom stereocenters. The highest BCUT2D eigenvalue weighted by atomic mass is 15.5. The van der Waals surface area contributed by atoms with E-state index in [4.69, 9.17) is 9.97 Å². The number of hydrogen-bond donors (Lipinski definition) is 1. The molecule has 2 aromatic heterocycles. The van der Waals surface area contributed by atoms with Crippen LogP contribution < -0.4 is 10.2 Å². The van der Waals surface area contributed by atoms with Gasteiger partial charge in [0.05, 0.1) is 23.1 Å². The van der Waals surface area contributed by atoms with Gasteiger partial charge in [-0.3, -0.25) is 10.3 Å². The molecule has 5 heteroatoms. The van der Waals surface area contributed by atoms with Gasteiger partial charge in [0.25, 0.3) is 0 Å². The fourth-order valence-corrected chi connectivity index (χ4v) is 9.66. The maximum Gasteiger partial charge on any atom is 0.208 e. The van der Waals surface area contributed by atoms with Gasteiger partial charge in [-0.2, -0.15) is 0 Å². The largest absolute Gasteiger partial charge is 0.322 e. The van der Waals surface area contributed by atoms with Crippen molar-refractivity contribution < 1.29 is 0 Å². The smallest absolute Gasteiger partial charge is 0.208 e. The Kier molecular flexibility index (Phi) is 6.11. The van der Waals surface area contributed by atoms with E-state index in [1.54, 1.807) is 0 Å². The molecule has 0 amide bonds. The van der Waals surface area contributed by atoms with Gasteiger partial charge in [0.15, 0.2) is 0 Å². The average Bonchev–Trinajstić information content (AvgIpc) is 3.72. The van der Waals surface area contributed by atoms with Gasteiger partial charge < -0.3 is 9.47 Å². The van der Waals surface area contributed by atoms with Crippen molar-refractivity contribution in [2.75, 3.05) is 4.90 Å². The van der Waals surface area contributed by atoms with Crippen LogP contribution in [-0.4, -0.2) is 32.8 Å². The fourth-order valence-electron chi connectivity index (χ4n) is 9.66. The molecule has 1 N–H and O–H groups in total. The van der Waals surface area contributed by atoms with Crippen LogP contribution in [0.25, 0.3) is 44.2 Å². The van der Waals surface area contributed by atoms with Crippen molar-refractivity contribution >= 4 is 27.6 Å². The van der Waals surface area contributed by atoms with Crippen LogP contribution in [0.2, 0.25) is 0 Å². The van der Waals surface area contributed by atoms with Crippen LogP contribution in [-0.2, 0) is 0 Å². The summed E-state index contributed by atoms with van der Waals surface area (Å²) in [6.45, 7) is 0. The summed E-state index contributed by atoms with van der Waals surface area (Å²) in [4.78, 5) is 13.9. The van der Waals surface area contributed by atoms with Gasteiger partial charge in [0.1, 0.15) is 0 Å². The number of hydrogen-bond acceptors (Lipinski definition) is 4. The number of fused-ring (bicyclic) bond motifs is 11. The van der Waals surface area contributed by atoms with Gasteiger partial charge in [-0.1, -0.05) is 122 Å². The summed E-state index contributed by atoms with van der Waals surface area (Å²) in [5, 5.41) is 7.99. The van der Waals surface area contributed by atoms with Crippen LogP contribution in [0.5, 0.6) is 0 Å². The number of benzene rings is 4. The molecule has 0 bridgehead atoms. The van der Waals surface area contributed by atoms with E-state index < -0.39 is 0 Å². The summed E-state index contributed by atoms with van der Waals surface area (Å²) in [5.41, 5.74) is 7.22. The predicted molar refractivity (Wildman–Crippen MR) is 187 cm³/mol. The summed E-state index contributed by atoms with van der Waals surface area (Å²) >= 11 is 0.